The number of carbonyl (C=O) groups is 1. The number of rotatable bonds is 1. The quantitative estimate of drug-likeness (QED) is 0.268. The van der Waals surface area contributed by atoms with Gasteiger partial charge in [-0.1, -0.05) is 0 Å². The Kier molecular flexibility index (Phi) is 2.94. The number of carbonyl (C=O) groups excluding carboxylic acids is 1. The molecule has 0 heterocycles. The van der Waals surface area contributed by atoms with E-state index in [1.165, 1.54) is 0 Å². The first-order chi connectivity index (χ1) is 3.72. The molecule has 0 aliphatic rings. The van der Waals surface area contributed by atoms with Gasteiger partial charge in [0.05, 0.1) is 6.26 Å². The van der Waals surface area contributed by atoms with Crippen LogP contribution in [-0.4, -0.2) is 21.4 Å². The van der Waals surface area contributed by atoms with Crippen LogP contribution in [0.25, 0.3) is 0 Å². The summed E-state index contributed by atoms with van der Waals surface area (Å²) in [5.41, 5.74) is 0.347. The molecular formula is C4H9NO2Si. The molecule has 2 N–H and O–H groups in total. The molecule has 1 amide bonds. The zero-order valence-corrected chi connectivity index (χ0v) is 6.93. The Labute approximate surface area is 50.9 Å². The Bertz CT molecular complexity index is 121. The van der Waals surface area contributed by atoms with Crippen molar-refractivity contribution in [3.8, 4) is 0 Å². The monoisotopic (exact) mass is 131 g/mol. The minimum Gasteiger partial charge on any atom is -0.515 e. The molecule has 0 aliphatic carbocycles. The summed E-state index contributed by atoms with van der Waals surface area (Å²) in [5.74, 6) is -0.195. The minimum absolute atomic E-state index is 0.195. The van der Waals surface area contributed by atoms with E-state index in [0.29, 0.717) is 16.0 Å². The molecule has 0 unspecified atom stereocenters. The Morgan fingerprint density at radius 2 is 2.38 bits per heavy atom. The van der Waals surface area contributed by atoms with Gasteiger partial charge in [0.25, 0.3) is 0 Å². The number of aliphatic hydroxyl groups excluding tert-OH is 1. The Hall–Kier alpha value is -0.773. The van der Waals surface area contributed by atoms with Crippen molar-refractivity contribution in [2.24, 2.45) is 0 Å². The number of aliphatic hydroxyl groups is 1. The summed E-state index contributed by atoms with van der Waals surface area (Å²) in [6, 6.07) is 0. The van der Waals surface area contributed by atoms with Crippen LogP contribution in [0.1, 0.15) is 6.92 Å². The highest BCUT2D eigenvalue weighted by molar-refractivity contribution is 6.17. The molecule has 0 saturated heterocycles. The fraction of sp³-hybridized carbons (Fsp3) is 0.250. The first kappa shape index (κ1) is 7.23. The lowest BCUT2D eigenvalue weighted by atomic mass is 10.3. The van der Waals surface area contributed by atoms with Crippen LogP contribution in [0.3, 0.4) is 0 Å². The van der Waals surface area contributed by atoms with Gasteiger partial charge in [-0.25, -0.2) is 0 Å². The molecule has 0 fully saturated rings. The molecule has 46 valence electrons. The van der Waals surface area contributed by atoms with E-state index in [0.717, 1.165) is 6.26 Å². The molecule has 0 aromatic rings. The van der Waals surface area contributed by atoms with E-state index in [2.05, 4.69) is 4.98 Å². The van der Waals surface area contributed by atoms with Gasteiger partial charge in [0.2, 0.25) is 5.91 Å². The number of hydrogen-bond acceptors (Lipinski definition) is 2. The molecule has 0 rings (SSSR count). The second-order valence-corrected chi connectivity index (χ2v) is 1.89. The Morgan fingerprint density at radius 3 is 2.50 bits per heavy atom. The second-order valence-electron chi connectivity index (χ2n) is 1.39. The van der Waals surface area contributed by atoms with Crippen molar-refractivity contribution in [1.82, 2.24) is 4.98 Å². The highest BCUT2D eigenvalue weighted by atomic mass is 28.2. The van der Waals surface area contributed by atoms with Crippen LogP contribution in [0, 0.1) is 0 Å². The average Bonchev–Trinajstić information content (AvgIpc) is 1.84. The van der Waals surface area contributed by atoms with Gasteiger partial charge in [-0.3, -0.25) is 4.79 Å². The molecule has 0 aromatic heterocycles. The van der Waals surface area contributed by atoms with Gasteiger partial charge in [0.15, 0.2) is 0 Å². The molecule has 3 nitrogen and oxygen atoms in total. The summed E-state index contributed by atoms with van der Waals surface area (Å²) in [6.45, 7) is 1.55. The molecular weight excluding hydrogens is 122 g/mol. The molecule has 0 aliphatic heterocycles. The van der Waals surface area contributed by atoms with E-state index in [9.17, 15) is 4.79 Å². The van der Waals surface area contributed by atoms with Crippen LogP contribution in [0.2, 0.25) is 0 Å². The number of amides is 1. The molecule has 0 saturated carbocycles. The summed E-state index contributed by atoms with van der Waals surface area (Å²) in [5, 5.41) is 8.23. The molecule has 0 atom stereocenters. The standard InChI is InChI=1S/C4H9NO2Si/c1-3(2-6)4(7)5-8/h2,6H,1,8H3,(H,5,7). The van der Waals surface area contributed by atoms with Crippen molar-refractivity contribution >= 4 is 16.3 Å². The molecule has 8 heavy (non-hydrogen) atoms. The molecule has 0 radical (unpaired) electrons. The highest BCUT2D eigenvalue weighted by Crippen LogP contribution is 1.86. The first-order valence-electron chi connectivity index (χ1n) is 2.25. The molecule has 4 heteroatoms. The van der Waals surface area contributed by atoms with Gasteiger partial charge in [-0.2, -0.15) is 0 Å². The van der Waals surface area contributed by atoms with E-state index in [-0.39, 0.29) is 5.91 Å². The zero-order valence-electron chi connectivity index (χ0n) is 4.93. The average molecular weight is 131 g/mol. The molecule has 0 bridgehead atoms. The minimum atomic E-state index is -0.195. The third-order valence-electron chi connectivity index (χ3n) is 0.779. The highest BCUT2D eigenvalue weighted by Gasteiger charge is 1.96. The topological polar surface area (TPSA) is 49.3 Å². The lowest BCUT2D eigenvalue weighted by molar-refractivity contribution is -0.115. The first-order valence-corrected chi connectivity index (χ1v) is 3.25. The van der Waals surface area contributed by atoms with E-state index >= 15 is 0 Å². The lowest BCUT2D eigenvalue weighted by Gasteiger charge is -1.93. The van der Waals surface area contributed by atoms with Crippen LogP contribution in [0.15, 0.2) is 11.8 Å². The Morgan fingerprint density at radius 1 is 1.88 bits per heavy atom. The normalized spacial score (nSPS) is 11.4. The molecule has 0 aromatic carbocycles. The van der Waals surface area contributed by atoms with Crippen molar-refractivity contribution in [3.63, 3.8) is 0 Å². The smallest absolute Gasteiger partial charge is 0.241 e. The van der Waals surface area contributed by atoms with Gasteiger partial charge in [-0.05, 0) is 6.92 Å². The van der Waals surface area contributed by atoms with Gasteiger partial charge in [0, 0.05) is 5.57 Å². The SMILES string of the molecule is CC(=CO)C(=O)N[SiH3]. The maximum absolute atomic E-state index is 10.4. The fourth-order valence-electron chi connectivity index (χ4n) is 0.256. The largest absolute Gasteiger partial charge is 0.515 e. The maximum Gasteiger partial charge on any atom is 0.241 e. The van der Waals surface area contributed by atoms with Crippen LogP contribution >= 0.6 is 0 Å². The maximum atomic E-state index is 10.4. The van der Waals surface area contributed by atoms with E-state index in [4.69, 9.17) is 5.11 Å². The second kappa shape index (κ2) is 3.26. The summed E-state index contributed by atoms with van der Waals surface area (Å²) in [4.78, 5) is 12.9. The number of nitrogens with one attached hydrogen (secondary N) is 1. The van der Waals surface area contributed by atoms with Gasteiger partial charge >= 0.3 is 0 Å². The molecule has 0 spiro atoms. The van der Waals surface area contributed by atoms with Crippen LogP contribution in [0.4, 0.5) is 0 Å². The van der Waals surface area contributed by atoms with Crippen molar-refractivity contribution < 1.29 is 9.90 Å². The summed E-state index contributed by atoms with van der Waals surface area (Å²) < 4.78 is 0. The van der Waals surface area contributed by atoms with Gasteiger partial charge < -0.3 is 10.1 Å². The van der Waals surface area contributed by atoms with Crippen molar-refractivity contribution in [3.05, 3.63) is 11.8 Å². The van der Waals surface area contributed by atoms with E-state index in [1.807, 2.05) is 0 Å². The predicted octanol–water partition coefficient (Wildman–Crippen LogP) is -1.16. The summed E-state index contributed by atoms with van der Waals surface area (Å²) in [7, 11) is 0.624. The van der Waals surface area contributed by atoms with E-state index < -0.39 is 0 Å². The van der Waals surface area contributed by atoms with Crippen LogP contribution in [0.5, 0.6) is 0 Å². The summed E-state index contributed by atoms with van der Waals surface area (Å²) >= 11 is 0. The van der Waals surface area contributed by atoms with Crippen molar-refractivity contribution in [2.45, 2.75) is 6.92 Å². The van der Waals surface area contributed by atoms with Crippen LogP contribution in [-0.2, 0) is 4.79 Å². The summed E-state index contributed by atoms with van der Waals surface area (Å²) in [6.07, 6.45) is 0.799. The third-order valence-corrected chi connectivity index (χ3v) is 1.23. The van der Waals surface area contributed by atoms with E-state index in [1.54, 1.807) is 6.92 Å². The van der Waals surface area contributed by atoms with Crippen molar-refractivity contribution in [1.29, 1.82) is 0 Å². The van der Waals surface area contributed by atoms with Crippen LogP contribution < -0.4 is 4.98 Å². The van der Waals surface area contributed by atoms with Crippen molar-refractivity contribution in [2.75, 3.05) is 0 Å². The predicted molar refractivity (Wildman–Crippen MR) is 34.5 cm³/mol. The zero-order chi connectivity index (χ0) is 6.57. The van der Waals surface area contributed by atoms with Gasteiger partial charge in [0.1, 0.15) is 10.4 Å². The lowest BCUT2D eigenvalue weighted by Crippen LogP contribution is -2.20. The fourth-order valence-corrected chi connectivity index (χ4v) is 0.650. The number of hydrogen-bond donors (Lipinski definition) is 2. The van der Waals surface area contributed by atoms with Gasteiger partial charge in [-0.15, -0.1) is 0 Å². The Balaban J connectivity index is 3.83. The third kappa shape index (κ3) is 1.79.